The number of urea groups is 1. The summed E-state index contributed by atoms with van der Waals surface area (Å²) in [6, 6.07) is 13.8. The largest absolute Gasteiger partial charge is 0.457 e. The molecule has 6 heteroatoms. The molecular weight excluding hydrogens is 318 g/mol. The molecule has 130 valence electrons. The maximum Gasteiger partial charge on any atom is 0.356 e. The zero-order valence-electron chi connectivity index (χ0n) is 13.9. The van der Waals surface area contributed by atoms with Crippen LogP contribution >= 0.6 is 0 Å². The van der Waals surface area contributed by atoms with Gasteiger partial charge in [0.2, 0.25) is 0 Å². The van der Waals surface area contributed by atoms with Gasteiger partial charge in [-0.05, 0) is 25.0 Å². The molecule has 1 fully saturated rings. The molecular formula is C19H21N3O3. The molecule has 25 heavy (non-hydrogen) atoms. The van der Waals surface area contributed by atoms with Crippen molar-refractivity contribution < 1.29 is 14.7 Å². The van der Waals surface area contributed by atoms with E-state index in [1.165, 1.54) is 6.42 Å². The Bertz CT molecular complexity index is 729. The summed E-state index contributed by atoms with van der Waals surface area (Å²) in [4.78, 5) is 12.6. The molecule has 6 nitrogen and oxygen atoms in total. The number of ether oxygens (including phenoxy) is 1. The van der Waals surface area contributed by atoms with Crippen molar-refractivity contribution in [3.8, 4) is 11.5 Å². The lowest BCUT2D eigenvalue weighted by Crippen LogP contribution is -2.51. The Hall–Kier alpha value is -2.57. The summed E-state index contributed by atoms with van der Waals surface area (Å²) in [5.41, 5.74) is 4.33. The second kappa shape index (κ2) is 6.74. The molecule has 2 N–H and O–H groups in total. The normalized spacial score (nSPS) is 17.2. The summed E-state index contributed by atoms with van der Waals surface area (Å²) in [6.07, 6.45) is 3.28. The number of nitrogens with one attached hydrogen (secondary N) is 1. The van der Waals surface area contributed by atoms with Crippen LogP contribution in [0.3, 0.4) is 0 Å². The zero-order chi connectivity index (χ0) is 17.2. The van der Waals surface area contributed by atoms with Gasteiger partial charge < -0.3 is 4.74 Å². The first kappa shape index (κ1) is 15.9. The second-order valence-electron chi connectivity index (χ2n) is 6.39. The number of hydrogen-bond donors (Lipinski definition) is 2. The Labute approximate surface area is 146 Å². The number of rotatable bonds is 2. The molecule has 0 aromatic heterocycles. The monoisotopic (exact) mass is 339 g/mol. The van der Waals surface area contributed by atoms with Crippen molar-refractivity contribution in [3.05, 3.63) is 59.7 Å². The summed E-state index contributed by atoms with van der Waals surface area (Å²) in [5.74, 6) is 1.30. The van der Waals surface area contributed by atoms with Crippen LogP contribution in [0.1, 0.15) is 36.4 Å². The van der Waals surface area contributed by atoms with Gasteiger partial charge in [-0.3, -0.25) is 10.6 Å². The van der Waals surface area contributed by atoms with Crippen LogP contribution in [0.4, 0.5) is 4.79 Å². The number of benzene rings is 2. The topological polar surface area (TPSA) is 65.0 Å². The lowest BCUT2D eigenvalue weighted by atomic mass is 9.94. The summed E-state index contributed by atoms with van der Waals surface area (Å²) >= 11 is 0. The minimum absolute atomic E-state index is 0.529. The number of hydroxylamine groups is 2. The van der Waals surface area contributed by atoms with E-state index in [9.17, 15) is 10.0 Å². The Balaban J connectivity index is 1.63. The Kier molecular flexibility index (Phi) is 4.29. The average molecular weight is 339 g/mol. The van der Waals surface area contributed by atoms with Crippen LogP contribution in [-0.2, 0) is 0 Å². The molecule has 2 aromatic rings. The van der Waals surface area contributed by atoms with Gasteiger partial charge in [-0.15, -0.1) is 0 Å². The van der Waals surface area contributed by atoms with Crippen LogP contribution < -0.4 is 10.2 Å². The maximum atomic E-state index is 12.6. The van der Waals surface area contributed by atoms with Crippen molar-refractivity contribution in [1.82, 2.24) is 15.5 Å². The van der Waals surface area contributed by atoms with Gasteiger partial charge in [0.1, 0.15) is 17.5 Å². The molecule has 4 rings (SSSR count). The molecule has 2 aliphatic rings. The average Bonchev–Trinajstić information content (AvgIpc) is 2.66. The van der Waals surface area contributed by atoms with Crippen LogP contribution in [0.2, 0.25) is 0 Å². The van der Waals surface area contributed by atoms with Gasteiger partial charge >= 0.3 is 6.03 Å². The van der Waals surface area contributed by atoms with E-state index in [-0.39, 0.29) is 0 Å². The third-order valence-corrected chi connectivity index (χ3v) is 4.71. The second-order valence-corrected chi connectivity index (χ2v) is 6.39. The van der Waals surface area contributed by atoms with Crippen molar-refractivity contribution in [2.75, 3.05) is 13.1 Å². The molecule has 0 saturated carbocycles. The van der Waals surface area contributed by atoms with Gasteiger partial charge in [0.15, 0.2) is 0 Å². The first-order valence-corrected chi connectivity index (χ1v) is 8.63. The van der Waals surface area contributed by atoms with Crippen molar-refractivity contribution in [3.63, 3.8) is 0 Å². The van der Waals surface area contributed by atoms with Crippen LogP contribution in [0.25, 0.3) is 0 Å². The molecule has 2 heterocycles. The molecule has 0 radical (unpaired) electrons. The fourth-order valence-electron chi connectivity index (χ4n) is 3.46. The number of amides is 2. The van der Waals surface area contributed by atoms with Crippen molar-refractivity contribution >= 4 is 6.03 Å². The zero-order valence-corrected chi connectivity index (χ0v) is 13.9. The standard InChI is InChI=1S/C19H21N3O3/c23-19(20-21-12-6-1-7-13-21)22(24)18-14-8-2-4-10-16(14)25-17-11-5-3-9-15(17)18/h2-5,8-11,18,24H,1,6-7,12-13H2,(H,20,23). The Morgan fingerprint density at radius 1 is 1.00 bits per heavy atom. The summed E-state index contributed by atoms with van der Waals surface area (Å²) < 4.78 is 5.91. The van der Waals surface area contributed by atoms with E-state index in [0.717, 1.165) is 42.1 Å². The van der Waals surface area contributed by atoms with Gasteiger partial charge in [0.05, 0.1) is 0 Å². The maximum absolute atomic E-state index is 12.6. The van der Waals surface area contributed by atoms with Gasteiger partial charge in [0.25, 0.3) is 0 Å². The van der Waals surface area contributed by atoms with E-state index >= 15 is 0 Å². The lowest BCUT2D eigenvalue weighted by molar-refractivity contribution is -0.0770. The molecule has 0 bridgehead atoms. The quantitative estimate of drug-likeness (QED) is 0.647. The number of hydrazine groups is 1. The predicted octanol–water partition coefficient (Wildman–Crippen LogP) is 3.68. The van der Waals surface area contributed by atoms with Gasteiger partial charge in [0, 0.05) is 24.2 Å². The van der Waals surface area contributed by atoms with E-state index in [1.807, 2.05) is 53.5 Å². The van der Waals surface area contributed by atoms with Crippen molar-refractivity contribution in [2.45, 2.75) is 25.3 Å². The summed E-state index contributed by atoms with van der Waals surface area (Å²) in [5, 5.41) is 13.3. The molecule has 2 aromatic carbocycles. The summed E-state index contributed by atoms with van der Waals surface area (Å²) in [6.45, 7) is 1.61. The fourth-order valence-corrected chi connectivity index (χ4v) is 3.46. The highest BCUT2D eigenvalue weighted by Crippen LogP contribution is 2.44. The van der Waals surface area contributed by atoms with E-state index < -0.39 is 12.1 Å². The SMILES string of the molecule is O=C(NN1CCCCC1)N(O)C1c2ccccc2Oc2ccccc21. The number of carbonyl (C=O) groups excluding carboxylic acids is 1. The molecule has 0 aliphatic carbocycles. The van der Waals surface area contributed by atoms with Crippen LogP contribution in [0.5, 0.6) is 11.5 Å². The smallest absolute Gasteiger partial charge is 0.356 e. The number of para-hydroxylation sites is 2. The van der Waals surface area contributed by atoms with Crippen LogP contribution in [0.15, 0.2) is 48.5 Å². The molecule has 0 spiro atoms. The first-order valence-electron chi connectivity index (χ1n) is 8.63. The molecule has 2 aliphatic heterocycles. The third kappa shape index (κ3) is 3.06. The van der Waals surface area contributed by atoms with E-state index in [2.05, 4.69) is 5.43 Å². The third-order valence-electron chi connectivity index (χ3n) is 4.71. The Morgan fingerprint density at radius 3 is 2.16 bits per heavy atom. The number of hydrogen-bond acceptors (Lipinski definition) is 4. The van der Waals surface area contributed by atoms with Crippen molar-refractivity contribution in [2.24, 2.45) is 0 Å². The van der Waals surface area contributed by atoms with Crippen molar-refractivity contribution in [1.29, 1.82) is 0 Å². The molecule has 2 amide bonds. The highest BCUT2D eigenvalue weighted by molar-refractivity contribution is 5.74. The number of carbonyl (C=O) groups is 1. The van der Waals surface area contributed by atoms with Gasteiger partial charge in [-0.2, -0.15) is 5.06 Å². The van der Waals surface area contributed by atoms with Gasteiger partial charge in [-0.25, -0.2) is 9.80 Å². The first-order chi connectivity index (χ1) is 12.2. The Morgan fingerprint density at radius 2 is 1.56 bits per heavy atom. The number of piperidine rings is 1. The predicted molar refractivity (Wildman–Crippen MR) is 92.4 cm³/mol. The lowest BCUT2D eigenvalue weighted by Gasteiger charge is -2.34. The highest BCUT2D eigenvalue weighted by Gasteiger charge is 2.34. The van der Waals surface area contributed by atoms with E-state index in [0.29, 0.717) is 11.5 Å². The molecule has 0 unspecified atom stereocenters. The van der Waals surface area contributed by atoms with E-state index in [4.69, 9.17) is 4.74 Å². The number of fused-ring (bicyclic) bond motifs is 2. The fraction of sp³-hybridized carbons (Fsp3) is 0.316. The van der Waals surface area contributed by atoms with E-state index in [1.54, 1.807) is 0 Å². The van der Waals surface area contributed by atoms with Crippen LogP contribution in [0, 0.1) is 0 Å². The minimum atomic E-state index is -0.606. The minimum Gasteiger partial charge on any atom is -0.457 e. The molecule has 0 atom stereocenters. The highest BCUT2D eigenvalue weighted by atomic mass is 16.5. The van der Waals surface area contributed by atoms with Crippen LogP contribution in [-0.4, -0.2) is 34.4 Å². The van der Waals surface area contributed by atoms with Gasteiger partial charge in [-0.1, -0.05) is 42.8 Å². The number of nitrogens with zero attached hydrogens (tertiary/aromatic N) is 2. The summed E-state index contributed by atoms with van der Waals surface area (Å²) in [7, 11) is 0. The molecule has 1 saturated heterocycles.